The van der Waals surface area contributed by atoms with Gasteiger partial charge in [-0.05, 0) is 39.0 Å². The molecule has 1 aliphatic heterocycles. The normalized spacial score (nSPS) is 34.7. The van der Waals surface area contributed by atoms with Crippen molar-refractivity contribution in [3.63, 3.8) is 0 Å². The van der Waals surface area contributed by atoms with Crippen molar-refractivity contribution in [3.05, 3.63) is 0 Å². The van der Waals surface area contributed by atoms with Gasteiger partial charge in [0.15, 0.2) is 0 Å². The van der Waals surface area contributed by atoms with Gasteiger partial charge in [-0.2, -0.15) is 0 Å². The van der Waals surface area contributed by atoms with E-state index in [1.165, 1.54) is 0 Å². The Hall–Kier alpha value is -0.770. The molecular formula is C11H20N2O2. The first-order valence-corrected chi connectivity index (χ1v) is 5.62. The molecule has 86 valence electrons. The van der Waals surface area contributed by atoms with E-state index in [0.29, 0.717) is 17.9 Å². The van der Waals surface area contributed by atoms with Crippen molar-refractivity contribution in [2.24, 2.45) is 17.6 Å². The molecule has 0 bridgehead atoms. The van der Waals surface area contributed by atoms with Gasteiger partial charge >= 0.3 is 6.09 Å². The van der Waals surface area contributed by atoms with E-state index in [9.17, 15) is 4.79 Å². The molecule has 15 heavy (non-hydrogen) atoms. The highest BCUT2D eigenvalue weighted by Gasteiger charge is 2.51. The van der Waals surface area contributed by atoms with Gasteiger partial charge in [0.05, 0.1) is 0 Å². The molecule has 2 rings (SSSR count). The summed E-state index contributed by atoms with van der Waals surface area (Å²) >= 11 is 0. The van der Waals surface area contributed by atoms with Crippen LogP contribution in [0.25, 0.3) is 0 Å². The third-order valence-corrected chi connectivity index (χ3v) is 3.21. The first kappa shape index (κ1) is 10.7. The zero-order valence-corrected chi connectivity index (χ0v) is 9.69. The molecular weight excluding hydrogens is 192 g/mol. The van der Waals surface area contributed by atoms with Crippen LogP contribution in [0.2, 0.25) is 0 Å². The molecule has 0 aromatic carbocycles. The molecule has 1 saturated carbocycles. The predicted molar refractivity (Wildman–Crippen MR) is 57.4 cm³/mol. The van der Waals surface area contributed by atoms with Gasteiger partial charge in [-0.25, -0.2) is 4.79 Å². The van der Waals surface area contributed by atoms with Crippen LogP contribution in [0.15, 0.2) is 0 Å². The number of carbonyl (C=O) groups excluding carboxylic acids is 1. The van der Waals surface area contributed by atoms with Crippen molar-refractivity contribution in [2.45, 2.75) is 38.8 Å². The molecule has 0 aromatic rings. The largest absolute Gasteiger partial charge is 0.444 e. The van der Waals surface area contributed by atoms with Crippen LogP contribution in [0.4, 0.5) is 4.79 Å². The molecule has 0 unspecified atom stereocenters. The number of amides is 1. The zero-order valence-electron chi connectivity index (χ0n) is 9.69. The van der Waals surface area contributed by atoms with E-state index in [1.54, 1.807) is 4.90 Å². The molecule has 0 spiro atoms. The average molecular weight is 212 g/mol. The van der Waals surface area contributed by atoms with E-state index in [4.69, 9.17) is 10.5 Å². The highest BCUT2D eigenvalue weighted by atomic mass is 16.6. The predicted octanol–water partition coefficient (Wildman–Crippen LogP) is 1.20. The third-order valence-electron chi connectivity index (χ3n) is 3.21. The molecule has 2 aliphatic rings. The van der Waals surface area contributed by atoms with E-state index in [2.05, 4.69) is 0 Å². The number of ether oxygens (including phenoxy) is 1. The maximum atomic E-state index is 11.7. The lowest BCUT2D eigenvalue weighted by Crippen LogP contribution is -2.40. The summed E-state index contributed by atoms with van der Waals surface area (Å²) in [4.78, 5) is 13.5. The first-order valence-electron chi connectivity index (χ1n) is 5.62. The Balaban J connectivity index is 1.87. The molecule has 0 radical (unpaired) electrons. The topological polar surface area (TPSA) is 55.6 Å². The standard InChI is InChI=1S/C11H20N2O2/c1-11(2,3)15-10(14)13-5-4-7-8(6-13)9(7)12/h7-9H,4-6,12H2,1-3H3/t7-,8+,9+/m1/s1. The van der Waals surface area contributed by atoms with Gasteiger partial charge in [-0.15, -0.1) is 0 Å². The second-order valence-electron chi connectivity index (χ2n) is 5.62. The van der Waals surface area contributed by atoms with Crippen LogP contribution in [0, 0.1) is 11.8 Å². The summed E-state index contributed by atoms with van der Waals surface area (Å²) in [6, 6.07) is 0.317. The van der Waals surface area contributed by atoms with Crippen molar-refractivity contribution >= 4 is 6.09 Å². The average Bonchev–Trinajstić information content (AvgIpc) is 2.74. The molecule has 1 heterocycles. The number of piperidine rings is 1. The fourth-order valence-electron chi connectivity index (χ4n) is 2.28. The van der Waals surface area contributed by atoms with Gasteiger partial charge in [-0.1, -0.05) is 0 Å². The third kappa shape index (κ3) is 2.25. The molecule has 0 aromatic heterocycles. The molecule has 2 N–H and O–H groups in total. The number of hydrogen-bond donors (Lipinski definition) is 1. The number of nitrogens with zero attached hydrogens (tertiary/aromatic N) is 1. The van der Waals surface area contributed by atoms with Crippen LogP contribution < -0.4 is 5.73 Å². The summed E-state index contributed by atoms with van der Waals surface area (Å²) in [7, 11) is 0. The number of nitrogens with two attached hydrogens (primary N) is 1. The summed E-state index contributed by atoms with van der Waals surface area (Å²) in [5.41, 5.74) is 5.48. The van der Waals surface area contributed by atoms with Gasteiger partial charge in [0.2, 0.25) is 0 Å². The lowest BCUT2D eigenvalue weighted by atomic mass is 10.1. The van der Waals surface area contributed by atoms with Crippen LogP contribution in [-0.4, -0.2) is 35.7 Å². The van der Waals surface area contributed by atoms with Crippen molar-refractivity contribution in [1.82, 2.24) is 4.90 Å². The Bertz CT molecular complexity index is 272. The summed E-state index contributed by atoms with van der Waals surface area (Å²) < 4.78 is 5.33. The molecule has 4 nitrogen and oxygen atoms in total. The molecule has 2 fully saturated rings. The molecule has 1 saturated heterocycles. The van der Waals surface area contributed by atoms with Gasteiger partial charge in [-0.3, -0.25) is 0 Å². The second-order valence-corrected chi connectivity index (χ2v) is 5.62. The zero-order chi connectivity index (χ0) is 11.2. The van der Waals surface area contributed by atoms with Gasteiger partial charge in [0, 0.05) is 19.1 Å². The van der Waals surface area contributed by atoms with Crippen molar-refractivity contribution in [3.8, 4) is 0 Å². The van der Waals surface area contributed by atoms with Crippen molar-refractivity contribution in [1.29, 1.82) is 0 Å². The van der Waals surface area contributed by atoms with Crippen molar-refractivity contribution < 1.29 is 9.53 Å². The number of carbonyl (C=O) groups is 1. The van der Waals surface area contributed by atoms with Gasteiger partial charge < -0.3 is 15.4 Å². The van der Waals surface area contributed by atoms with E-state index in [-0.39, 0.29) is 6.09 Å². The van der Waals surface area contributed by atoms with Gasteiger partial charge in [0.25, 0.3) is 0 Å². The minimum Gasteiger partial charge on any atom is -0.444 e. The summed E-state index contributed by atoms with van der Waals surface area (Å²) in [6.07, 6.45) is 0.838. The van der Waals surface area contributed by atoms with Gasteiger partial charge in [0.1, 0.15) is 5.60 Å². The van der Waals surface area contributed by atoms with E-state index in [1.807, 2.05) is 20.8 Å². The smallest absolute Gasteiger partial charge is 0.410 e. The minimum absolute atomic E-state index is 0.194. The fraction of sp³-hybridized carbons (Fsp3) is 0.909. The number of hydrogen-bond acceptors (Lipinski definition) is 3. The van der Waals surface area contributed by atoms with E-state index in [0.717, 1.165) is 19.5 Å². The highest BCUT2D eigenvalue weighted by molar-refractivity contribution is 5.68. The Morgan fingerprint density at radius 2 is 2.07 bits per heavy atom. The summed E-state index contributed by atoms with van der Waals surface area (Å²) in [5.74, 6) is 1.18. The Morgan fingerprint density at radius 3 is 2.60 bits per heavy atom. The SMILES string of the molecule is CC(C)(C)OC(=O)N1CC[C@H]2[C@H](N)[C@H]2C1. The fourth-order valence-corrected chi connectivity index (χ4v) is 2.28. The van der Waals surface area contributed by atoms with E-state index < -0.39 is 5.60 Å². The van der Waals surface area contributed by atoms with Crippen LogP contribution in [0.5, 0.6) is 0 Å². The summed E-state index contributed by atoms with van der Waals surface area (Å²) in [5, 5.41) is 0. The number of fused-ring (bicyclic) bond motifs is 1. The molecule has 1 amide bonds. The molecule has 4 heteroatoms. The second kappa shape index (κ2) is 3.37. The quantitative estimate of drug-likeness (QED) is 0.656. The monoisotopic (exact) mass is 212 g/mol. The lowest BCUT2D eigenvalue weighted by molar-refractivity contribution is 0.0207. The molecule has 3 atom stereocenters. The van der Waals surface area contributed by atoms with Crippen molar-refractivity contribution in [2.75, 3.05) is 13.1 Å². The first-order chi connectivity index (χ1) is 6.88. The molecule has 1 aliphatic carbocycles. The van der Waals surface area contributed by atoms with Crippen LogP contribution in [0.3, 0.4) is 0 Å². The highest BCUT2D eigenvalue weighted by Crippen LogP contribution is 2.43. The van der Waals surface area contributed by atoms with Crippen LogP contribution in [0.1, 0.15) is 27.2 Å². The number of likely N-dealkylation sites (tertiary alicyclic amines) is 1. The maximum Gasteiger partial charge on any atom is 0.410 e. The Kier molecular flexibility index (Phi) is 2.41. The lowest BCUT2D eigenvalue weighted by Gasteiger charge is -2.29. The minimum atomic E-state index is -0.403. The summed E-state index contributed by atoms with van der Waals surface area (Å²) in [6.45, 7) is 7.24. The Morgan fingerprint density at radius 1 is 1.40 bits per heavy atom. The number of rotatable bonds is 0. The van der Waals surface area contributed by atoms with E-state index >= 15 is 0 Å². The Labute approximate surface area is 90.8 Å². The van der Waals surface area contributed by atoms with Crippen LogP contribution >= 0.6 is 0 Å². The maximum absolute atomic E-state index is 11.7. The van der Waals surface area contributed by atoms with Crippen LogP contribution in [-0.2, 0) is 4.74 Å².